The minimum atomic E-state index is -3.04. The Kier molecular flexibility index (Phi) is 5.46. The van der Waals surface area contributed by atoms with Crippen LogP contribution in [0.25, 0.3) is 17.3 Å². The molecule has 10 heteroatoms. The van der Waals surface area contributed by atoms with Crippen molar-refractivity contribution >= 4 is 27.5 Å². The van der Waals surface area contributed by atoms with Crippen LogP contribution in [0.5, 0.6) is 0 Å². The zero-order valence-electron chi connectivity index (χ0n) is 15.8. The lowest BCUT2D eigenvalue weighted by Crippen LogP contribution is -2.38. The van der Waals surface area contributed by atoms with Crippen molar-refractivity contribution < 1.29 is 17.6 Å². The van der Waals surface area contributed by atoms with E-state index in [1.165, 1.54) is 16.7 Å². The summed E-state index contributed by atoms with van der Waals surface area (Å²) < 4.78 is 30.7. The highest BCUT2D eigenvalue weighted by Gasteiger charge is 2.32. The van der Waals surface area contributed by atoms with Gasteiger partial charge in [0.15, 0.2) is 20.8 Å². The Morgan fingerprint density at radius 2 is 2.03 bits per heavy atom. The summed E-state index contributed by atoms with van der Waals surface area (Å²) in [6, 6.07) is 12.9. The monoisotopic (exact) mass is 432 g/mol. The molecule has 3 heterocycles. The molecule has 0 bridgehead atoms. The summed E-state index contributed by atoms with van der Waals surface area (Å²) in [6.45, 7) is 0. The van der Waals surface area contributed by atoms with Gasteiger partial charge in [-0.05, 0) is 30.7 Å². The number of benzene rings is 1. The first-order valence-corrected chi connectivity index (χ1v) is 11.9. The predicted molar refractivity (Wildman–Crippen MR) is 110 cm³/mol. The van der Waals surface area contributed by atoms with E-state index in [-0.39, 0.29) is 29.2 Å². The first-order chi connectivity index (χ1) is 13.9. The number of amides is 1. The number of para-hydroxylation sites is 1. The molecule has 3 aromatic rings. The van der Waals surface area contributed by atoms with E-state index in [0.29, 0.717) is 23.2 Å². The van der Waals surface area contributed by atoms with Crippen LogP contribution in [0.2, 0.25) is 0 Å². The largest absolute Gasteiger partial charge is 0.461 e. The molecule has 4 rings (SSSR count). The topological polar surface area (TPSA) is 98.3 Å². The van der Waals surface area contributed by atoms with E-state index in [4.69, 9.17) is 4.42 Å². The third kappa shape index (κ3) is 4.23. The van der Waals surface area contributed by atoms with Gasteiger partial charge in [-0.15, -0.1) is 10.2 Å². The van der Waals surface area contributed by atoms with Crippen molar-refractivity contribution in [1.82, 2.24) is 19.7 Å². The Labute approximate surface area is 172 Å². The van der Waals surface area contributed by atoms with Crippen LogP contribution in [-0.4, -0.2) is 64.3 Å². The third-order valence-corrected chi connectivity index (χ3v) is 7.53. The quantitative estimate of drug-likeness (QED) is 0.551. The fraction of sp³-hybridized carbons (Fsp3) is 0.316. The second-order valence-corrected chi connectivity index (χ2v) is 9.98. The van der Waals surface area contributed by atoms with Gasteiger partial charge in [0.25, 0.3) is 0 Å². The summed E-state index contributed by atoms with van der Waals surface area (Å²) in [5.74, 6) is 1.29. The lowest BCUT2D eigenvalue weighted by atomic mass is 10.2. The van der Waals surface area contributed by atoms with Gasteiger partial charge in [-0.1, -0.05) is 30.0 Å². The summed E-state index contributed by atoms with van der Waals surface area (Å²) in [4.78, 5) is 14.2. The highest BCUT2D eigenvalue weighted by atomic mass is 32.2. The van der Waals surface area contributed by atoms with Crippen molar-refractivity contribution in [3.05, 3.63) is 48.7 Å². The normalized spacial score (nSPS) is 18.0. The van der Waals surface area contributed by atoms with Gasteiger partial charge in [-0.2, -0.15) is 0 Å². The lowest BCUT2D eigenvalue weighted by molar-refractivity contribution is -0.128. The highest BCUT2D eigenvalue weighted by molar-refractivity contribution is 7.99. The van der Waals surface area contributed by atoms with Crippen molar-refractivity contribution in [2.24, 2.45) is 0 Å². The summed E-state index contributed by atoms with van der Waals surface area (Å²) in [6.07, 6.45) is 2.05. The Hall–Kier alpha value is -2.59. The number of carbonyl (C=O) groups is 1. The van der Waals surface area contributed by atoms with Gasteiger partial charge in [0.05, 0.1) is 23.5 Å². The molecule has 152 valence electrons. The predicted octanol–water partition coefficient (Wildman–Crippen LogP) is 2.26. The summed E-state index contributed by atoms with van der Waals surface area (Å²) in [7, 11) is -1.39. The van der Waals surface area contributed by atoms with Crippen molar-refractivity contribution in [1.29, 1.82) is 0 Å². The maximum absolute atomic E-state index is 12.6. The molecule has 0 N–H and O–H groups in total. The number of rotatable bonds is 6. The van der Waals surface area contributed by atoms with Crippen LogP contribution >= 0.6 is 11.8 Å². The Bertz CT molecular complexity index is 1090. The molecule has 1 amide bonds. The zero-order chi connectivity index (χ0) is 20.4. The molecule has 0 radical (unpaired) electrons. The van der Waals surface area contributed by atoms with Crippen LogP contribution in [-0.2, 0) is 14.6 Å². The van der Waals surface area contributed by atoms with Crippen LogP contribution in [0.1, 0.15) is 6.42 Å². The number of carbonyl (C=O) groups excluding carboxylic acids is 1. The molecule has 1 aromatic carbocycles. The fourth-order valence-electron chi connectivity index (χ4n) is 3.25. The second-order valence-electron chi connectivity index (χ2n) is 6.80. The lowest BCUT2D eigenvalue weighted by Gasteiger charge is -2.23. The Balaban J connectivity index is 1.54. The van der Waals surface area contributed by atoms with Gasteiger partial charge in [-0.3, -0.25) is 9.36 Å². The molecular weight excluding hydrogens is 412 g/mol. The number of thioether (sulfide) groups is 1. The van der Waals surface area contributed by atoms with Crippen LogP contribution in [0.15, 0.2) is 58.3 Å². The standard InChI is InChI=1S/C19H20N4O4S2/c1-22(15-9-11-29(25,26)13-15)17(24)12-28-19-21-20-18(16-8-5-10-27-16)23(19)14-6-3-2-4-7-14/h2-8,10,15H,9,11-13H2,1H3. The summed E-state index contributed by atoms with van der Waals surface area (Å²) >= 11 is 1.26. The van der Waals surface area contributed by atoms with E-state index in [1.807, 2.05) is 34.9 Å². The number of hydrogen-bond donors (Lipinski definition) is 0. The van der Waals surface area contributed by atoms with Crippen molar-refractivity contribution in [3.63, 3.8) is 0 Å². The molecule has 1 aliphatic heterocycles. The van der Waals surface area contributed by atoms with Crippen molar-refractivity contribution in [2.75, 3.05) is 24.3 Å². The maximum atomic E-state index is 12.6. The molecule has 1 aliphatic rings. The smallest absolute Gasteiger partial charge is 0.233 e. The first kappa shape index (κ1) is 19.7. The van der Waals surface area contributed by atoms with Gasteiger partial charge in [-0.25, -0.2) is 8.42 Å². The summed E-state index contributed by atoms with van der Waals surface area (Å²) in [5, 5.41) is 9.06. The van der Waals surface area contributed by atoms with E-state index >= 15 is 0 Å². The molecular formula is C19H20N4O4S2. The first-order valence-electron chi connectivity index (χ1n) is 9.08. The van der Waals surface area contributed by atoms with Crippen LogP contribution < -0.4 is 0 Å². The highest BCUT2D eigenvalue weighted by Crippen LogP contribution is 2.28. The molecule has 8 nitrogen and oxygen atoms in total. The number of hydrogen-bond acceptors (Lipinski definition) is 7. The van der Waals surface area contributed by atoms with Gasteiger partial charge >= 0.3 is 0 Å². The van der Waals surface area contributed by atoms with E-state index < -0.39 is 9.84 Å². The molecule has 0 aliphatic carbocycles. The molecule has 1 fully saturated rings. The molecule has 0 spiro atoms. The zero-order valence-corrected chi connectivity index (χ0v) is 17.4. The molecule has 1 saturated heterocycles. The Morgan fingerprint density at radius 3 is 2.69 bits per heavy atom. The van der Waals surface area contributed by atoms with Gasteiger partial charge in [0, 0.05) is 18.8 Å². The van der Waals surface area contributed by atoms with Gasteiger partial charge in [0.2, 0.25) is 11.7 Å². The van der Waals surface area contributed by atoms with Gasteiger partial charge < -0.3 is 9.32 Å². The van der Waals surface area contributed by atoms with E-state index in [2.05, 4.69) is 10.2 Å². The van der Waals surface area contributed by atoms with Crippen LogP contribution in [0, 0.1) is 0 Å². The van der Waals surface area contributed by atoms with Crippen molar-refractivity contribution in [3.8, 4) is 17.3 Å². The van der Waals surface area contributed by atoms with E-state index in [0.717, 1.165) is 5.69 Å². The second kappa shape index (κ2) is 8.03. The van der Waals surface area contributed by atoms with E-state index in [1.54, 1.807) is 25.4 Å². The Morgan fingerprint density at radius 1 is 1.24 bits per heavy atom. The average molecular weight is 433 g/mol. The molecule has 1 unspecified atom stereocenters. The van der Waals surface area contributed by atoms with Crippen molar-refractivity contribution in [2.45, 2.75) is 17.6 Å². The molecule has 2 aromatic heterocycles. The maximum Gasteiger partial charge on any atom is 0.233 e. The molecule has 1 atom stereocenters. The molecule has 29 heavy (non-hydrogen) atoms. The number of sulfone groups is 1. The van der Waals surface area contributed by atoms with Gasteiger partial charge in [0.1, 0.15) is 0 Å². The summed E-state index contributed by atoms with van der Waals surface area (Å²) in [5.41, 5.74) is 0.856. The number of nitrogens with zero attached hydrogens (tertiary/aromatic N) is 4. The minimum absolute atomic E-state index is 0.0305. The van der Waals surface area contributed by atoms with Crippen LogP contribution in [0.4, 0.5) is 0 Å². The third-order valence-electron chi connectivity index (χ3n) is 4.86. The van der Waals surface area contributed by atoms with E-state index in [9.17, 15) is 13.2 Å². The number of furan rings is 1. The van der Waals surface area contributed by atoms with Crippen LogP contribution in [0.3, 0.4) is 0 Å². The SMILES string of the molecule is CN(C(=O)CSc1nnc(-c2ccco2)n1-c1ccccc1)C1CCS(=O)(=O)C1. The number of aromatic nitrogens is 3. The molecule has 0 saturated carbocycles. The minimum Gasteiger partial charge on any atom is -0.461 e. The fourth-order valence-corrected chi connectivity index (χ4v) is 5.90. The average Bonchev–Trinajstić information content (AvgIpc) is 3.45.